The predicted octanol–water partition coefficient (Wildman–Crippen LogP) is 4.96. The van der Waals surface area contributed by atoms with Gasteiger partial charge in [0.15, 0.2) is 10.9 Å². The van der Waals surface area contributed by atoms with E-state index >= 15 is 0 Å². The number of aromatic amines is 1. The molecule has 188 valence electrons. The molecule has 4 aromatic rings. The van der Waals surface area contributed by atoms with Crippen LogP contribution in [0.4, 0.5) is 5.69 Å². The molecule has 0 saturated carbocycles. The Morgan fingerprint density at radius 2 is 1.89 bits per heavy atom. The highest BCUT2D eigenvalue weighted by molar-refractivity contribution is 7.92. The number of ether oxygens (including phenoxy) is 1. The zero-order valence-corrected chi connectivity index (χ0v) is 22.0. The molecule has 0 saturated heterocycles. The number of anilines is 1. The summed E-state index contributed by atoms with van der Waals surface area (Å²) in [6, 6.07) is 14.0. The minimum Gasteiger partial charge on any atom is -0.487 e. The van der Waals surface area contributed by atoms with Crippen LogP contribution >= 0.6 is 11.6 Å². The highest BCUT2D eigenvalue weighted by Crippen LogP contribution is 2.37. The molecule has 2 aromatic carbocycles. The van der Waals surface area contributed by atoms with Crippen molar-refractivity contribution in [2.45, 2.75) is 39.3 Å². The molecule has 1 N–H and O–H groups in total. The second-order valence-electron chi connectivity index (χ2n) is 8.85. The Labute approximate surface area is 215 Å². The van der Waals surface area contributed by atoms with Gasteiger partial charge in [-0.15, -0.1) is 5.10 Å². The Kier molecular flexibility index (Phi) is 7.56. The lowest BCUT2D eigenvalue weighted by Crippen LogP contribution is -2.35. The lowest BCUT2D eigenvalue weighted by molar-refractivity contribution is 0.306. The Balaban J connectivity index is 1.70. The number of pyridine rings is 1. The number of nitrogens with one attached hydrogen (secondary N) is 1. The maximum absolute atomic E-state index is 13.7. The van der Waals surface area contributed by atoms with Crippen LogP contribution in [0.1, 0.15) is 30.5 Å². The van der Waals surface area contributed by atoms with Gasteiger partial charge in [-0.3, -0.25) is 4.31 Å². The van der Waals surface area contributed by atoms with Crippen LogP contribution in [0.15, 0.2) is 59.8 Å². The third-order valence-corrected chi connectivity index (χ3v) is 7.68. The van der Waals surface area contributed by atoms with E-state index in [1.54, 1.807) is 24.3 Å². The number of benzene rings is 2. The third kappa shape index (κ3) is 5.50. The zero-order valence-electron chi connectivity index (χ0n) is 20.4. The average Bonchev–Trinajstić information content (AvgIpc) is 3.39. The molecular weight excluding hydrogens is 500 g/mol. The number of rotatable bonds is 9. The number of halogens is 1. The molecule has 2 heterocycles. The highest BCUT2D eigenvalue weighted by Gasteiger charge is 2.30. The molecule has 0 amide bonds. The van der Waals surface area contributed by atoms with Crippen molar-refractivity contribution in [3.63, 3.8) is 0 Å². The molecule has 2 aromatic heterocycles. The molecule has 0 unspecified atom stereocenters. The van der Waals surface area contributed by atoms with Gasteiger partial charge in [-0.05, 0) is 71.1 Å². The van der Waals surface area contributed by atoms with E-state index in [1.165, 1.54) is 16.6 Å². The number of hydrogen-bond acceptors (Lipinski definition) is 7. The van der Waals surface area contributed by atoms with Crippen molar-refractivity contribution in [2.75, 3.05) is 10.8 Å². The Hall–Kier alpha value is -3.50. The molecule has 0 bridgehead atoms. The van der Waals surface area contributed by atoms with Crippen LogP contribution in [0.3, 0.4) is 0 Å². The van der Waals surface area contributed by atoms with Crippen molar-refractivity contribution in [1.29, 1.82) is 0 Å². The summed E-state index contributed by atoms with van der Waals surface area (Å²) in [6.07, 6.45) is 1.46. The Morgan fingerprint density at radius 3 is 2.53 bits per heavy atom. The molecule has 0 aliphatic rings. The highest BCUT2D eigenvalue weighted by atomic mass is 35.5. The van der Waals surface area contributed by atoms with Crippen molar-refractivity contribution in [1.82, 2.24) is 25.6 Å². The fourth-order valence-electron chi connectivity index (χ4n) is 3.67. The SMILES string of the molecule is Cc1cc(N(CC(C)C)S(=O)(=O)c2ccccn2)c(OCc2ccc(-c3nnn[nH]3)cc2C)cc1Cl. The second kappa shape index (κ2) is 10.6. The van der Waals surface area contributed by atoms with Gasteiger partial charge < -0.3 is 4.74 Å². The quantitative estimate of drug-likeness (QED) is 0.327. The monoisotopic (exact) mass is 526 g/mol. The van der Waals surface area contributed by atoms with Crippen molar-refractivity contribution in [3.05, 3.63) is 76.4 Å². The van der Waals surface area contributed by atoms with E-state index in [0.29, 0.717) is 22.3 Å². The fraction of sp³-hybridized carbons (Fsp3) is 0.280. The molecule has 11 heteroatoms. The molecule has 0 fully saturated rings. The molecule has 4 rings (SSSR count). The first-order valence-corrected chi connectivity index (χ1v) is 13.2. The smallest absolute Gasteiger partial charge is 0.281 e. The molecule has 0 radical (unpaired) electrons. The number of aromatic nitrogens is 5. The normalized spacial score (nSPS) is 11.6. The average molecular weight is 527 g/mol. The van der Waals surface area contributed by atoms with Crippen LogP contribution in [-0.2, 0) is 16.6 Å². The second-order valence-corrected chi connectivity index (χ2v) is 11.1. The molecule has 0 spiro atoms. The van der Waals surface area contributed by atoms with Gasteiger partial charge in [0, 0.05) is 29.4 Å². The van der Waals surface area contributed by atoms with Gasteiger partial charge in [0.25, 0.3) is 10.0 Å². The predicted molar refractivity (Wildman–Crippen MR) is 138 cm³/mol. The Morgan fingerprint density at radius 1 is 1.08 bits per heavy atom. The summed E-state index contributed by atoms with van der Waals surface area (Å²) in [7, 11) is -3.95. The third-order valence-electron chi connectivity index (χ3n) is 5.58. The molecular formula is C25H27ClN6O3S. The van der Waals surface area contributed by atoms with Gasteiger partial charge in [0.2, 0.25) is 0 Å². The number of aryl methyl sites for hydroxylation is 2. The van der Waals surface area contributed by atoms with Crippen molar-refractivity contribution in [2.24, 2.45) is 5.92 Å². The number of tetrazole rings is 1. The first kappa shape index (κ1) is 25.6. The van der Waals surface area contributed by atoms with Crippen LogP contribution in [-0.4, -0.2) is 40.6 Å². The van der Waals surface area contributed by atoms with Gasteiger partial charge in [0.05, 0.1) is 5.69 Å². The van der Waals surface area contributed by atoms with Crippen LogP contribution in [0.2, 0.25) is 5.02 Å². The van der Waals surface area contributed by atoms with Crippen LogP contribution < -0.4 is 9.04 Å². The van der Waals surface area contributed by atoms with E-state index in [0.717, 1.165) is 22.3 Å². The topological polar surface area (TPSA) is 114 Å². The number of H-pyrrole nitrogens is 1. The lowest BCUT2D eigenvalue weighted by Gasteiger charge is -2.28. The van der Waals surface area contributed by atoms with Crippen molar-refractivity contribution >= 4 is 27.3 Å². The molecule has 9 nitrogen and oxygen atoms in total. The molecule has 0 aliphatic heterocycles. The number of nitrogens with zero attached hydrogens (tertiary/aromatic N) is 5. The first-order chi connectivity index (χ1) is 17.2. The summed E-state index contributed by atoms with van der Waals surface area (Å²) in [4.78, 5) is 4.10. The largest absolute Gasteiger partial charge is 0.487 e. The molecule has 0 atom stereocenters. The molecule has 0 aliphatic carbocycles. The Bertz CT molecular complexity index is 1440. The summed E-state index contributed by atoms with van der Waals surface area (Å²) >= 11 is 6.44. The van der Waals surface area contributed by atoms with Crippen LogP contribution in [0.5, 0.6) is 5.75 Å². The van der Waals surface area contributed by atoms with Gasteiger partial charge in [-0.1, -0.05) is 43.6 Å². The van der Waals surface area contributed by atoms with E-state index in [4.69, 9.17) is 16.3 Å². The maximum atomic E-state index is 13.7. The zero-order chi connectivity index (χ0) is 25.9. The van der Waals surface area contributed by atoms with E-state index < -0.39 is 10.0 Å². The lowest BCUT2D eigenvalue weighted by atomic mass is 10.1. The van der Waals surface area contributed by atoms with E-state index in [2.05, 4.69) is 25.6 Å². The maximum Gasteiger partial charge on any atom is 0.281 e. The van der Waals surface area contributed by atoms with Gasteiger partial charge in [-0.25, -0.2) is 10.1 Å². The van der Waals surface area contributed by atoms with Crippen LogP contribution in [0, 0.1) is 19.8 Å². The standard InChI is InChI=1S/C25H27ClN6O3S/c1-16(2)14-32(36(33,34)24-7-5-6-10-27-24)22-12-18(4)21(26)13-23(22)35-15-20-9-8-19(11-17(20)3)25-28-30-31-29-25/h5-13,16H,14-15H2,1-4H3,(H,28,29,30,31). The summed E-state index contributed by atoms with van der Waals surface area (Å²) in [6.45, 7) is 8.17. The summed E-state index contributed by atoms with van der Waals surface area (Å²) in [5, 5.41) is 14.4. The summed E-state index contributed by atoms with van der Waals surface area (Å²) in [5.41, 5.74) is 3.91. The molecule has 36 heavy (non-hydrogen) atoms. The summed E-state index contributed by atoms with van der Waals surface area (Å²) in [5.74, 6) is 0.989. The van der Waals surface area contributed by atoms with E-state index in [1.807, 2.05) is 45.9 Å². The first-order valence-electron chi connectivity index (χ1n) is 11.4. The fourth-order valence-corrected chi connectivity index (χ4v) is 5.39. The van der Waals surface area contributed by atoms with Crippen molar-refractivity contribution in [3.8, 4) is 17.1 Å². The van der Waals surface area contributed by atoms with Crippen LogP contribution in [0.25, 0.3) is 11.4 Å². The van der Waals surface area contributed by atoms with Gasteiger partial charge >= 0.3 is 0 Å². The van der Waals surface area contributed by atoms with E-state index in [-0.39, 0.29) is 24.1 Å². The van der Waals surface area contributed by atoms with Crippen molar-refractivity contribution < 1.29 is 13.2 Å². The van der Waals surface area contributed by atoms with Gasteiger partial charge in [0.1, 0.15) is 12.4 Å². The van der Waals surface area contributed by atoms with E-state index in [9.17, 15) is 8.42 Å². The number of sulfonamides is 1. The minimum absolute atomic E-state index is 0.0301. The minimum atomic E-state index is -3.95. The number of hydrogen-bond donors (Lipinski definition) is 1. The summed E-state index contributed by atoms with van der Waals surface area (Å²) < 4.78 is 34.9. The van der Waals surface area contributed by atoms with Gasteiger partial charge in [-0.2, -0.15) is 8.42 Å².